The van der Waals surface area contributed by atoms with Crippen molar-refractivity contribution in [2.75, 3.05) is 13.2 Å². The number of fused-ring (bicyclic) bond motifs is 1. The zero-order chi connectivity index (χ0) is 14.0. The van der Waals surface area contributed by atoms with E-state index >= 15 is 0 Å². The number of hydrogen-bond donors (Lipinski definition) is 1. The third kappa shape index (κ3) is 2.35. The Balaban J connectivity index is 2.04. The molecule has 0 spiro atoms. The Morgan fingerprint density at radius 2 is 2.00 bits per heavy atom. The largest absolute Gasteiger partial charge is 0.367 e. The van der Waals surface area contributed by atoms with Gasteiger partial charge in [-0.2, -0.15) is 0 Å². The van der Waals surface area contributed by atoms with Crippen molar-refractivity contribution in [3.8, 4) is 0 Å². The number of nitrogens with one attached hydrogen (secondary N) is 1. The Morgan fingerprint density at radius 1 is 1.20 bits per heavy atom. The quantitative estimate of drug-likeness (QED) is 0.917. The van der Waals surface area contributed by atoms with Crippen LogP contribution in [0.15, 0.2) is 0 Å². The van der Waals surface area contributed by atoms with Gasteiger partial charge in [-0.05, 0) is 57.6 Å². The molecule has 4 heteroatoms. The lowest BCUT2D eigenvalue weighted by Gasteiger charge is -2.29. The fourth-order valence-corrected chi connectivity index (χ4v) is 3.59. The van der Waals surface area contributed by atoms with Crippen molar-refractivity contribution in [3.05, 3.63) is 22.8 Å². The number of rotatable bonds is 4. The highest BCUT2D eigenvalue weighted by Crippen LogP contribution is 2.41. The standard InChI is InChI=1S/C16H25N3O/c1-3-13-12-7-10-17-11-14(12)19-15(18-13)16(20-4-2)8-5-6-9-16/h17H,3-11H2,1-2H3. The van der Waals surface area contributed by atoms with Crippen LogP contribution in [-0.4, -0.2) is 23.1 Å². The van der Waals surface area contributed by atoms with Crippen LogP contribution >= 0.6 is 0 Å². The van der Waals surface area contributed by atoms with E-state index in [-0.39, 0.29) is 5.60 Å². The van der Waals surface area contributed by atoms with E-state index in [1.165, 1.54) is 29.8 Å². The maximum absolute atomic E-state index is 6.12. The molecule has 0 amide bonds. The Morgan fingerprint density at radius 3 is 2.70 bits per heavy atom. The molecule has 1 aromatic rings. The van der Waals surface area contributed by atoms with Gasteiger partial charge >= 0.3 is 0 Å². The van der Waals surface area contributed by atoms with Gasteiger partial charge in [0.1, 0.15) is 5.60 Å². The maximum atomic E-state index is 6.12. The van der Waals surface area contributed by atoms with Crippen molar-refractivity contribution in [1.82, 2.24) is 15.3 Å². The predicted octanol–water partition coefficient (Wildman–Crippen LogP) is 2.49. The van der Waals surface area contributed by atoms with Gasteiger partial charge in [-0.25, -0.2) is 9.97 Å². The lowest BCUT2D eigenvalue weighted by Crippen LogP contribution is -2.33. The highest BCUT2D eigenvalue weighted by Gasteiger charge is 2.40. The van der Waals surface area contributed by atoms with Crippen LogP contribution in [0.4, 0.5) is 0 Å². The summed E-state index contributed by atoms with van der Waals surface area (Å²) in [7, 11) is 0. The Kier molecular flexibility index (Phi) is 4.03. The molecule has 2 aliphatic rings. The first kappa shape index (κ1) is 14.0. The second-order valence-electron chi connectivity index (χ2n) is 5.83. The molecule has 0 radical (unpaired) electrons. The second-order valence-corrected chi connectivity index (χ2v) is 5.83. The van der Waals surface area contributed by atoms with E-state index in [9.17, 15) is 0 Å². The molecule has 3 rings (SSSR count). The van der Waals surface area contributed by atoms with E-state index in [4.69, 9.17) is 14.7 Å². The molecule has 110 valence electrons. The minimum atomic E-state index is -0.217. The topological polar surface area (TPSA) is 47.0 Å². The summed E-state index contributed by atoms with van der Waals surface area (Å²) in [5, 5.41) is 3.42. The van der Waals surface area contributed by atoms with Crippen molar-refractivity contribution in [2.45, 2.75) is 64.5 Å². The van der Waals surface area contributed by atoms with Crippen molar-refractivity contribution < 1.29 is 4.74 Å². The number of hydrogen-bond acceptors (Lipinski definition) is 4. The van der Waals surface area contributed by atoms with Crippen molar-refractivity contribution >= 4 is 0 Å². The third-order valence-electron chi connectivity index (χ3n) is 4.60. The normalized spacial score (nSPS) is 20.9. The Hall–Kier alpha value is -1.00. The van der Waals surface area contributed by atoms with E-state index in [1.54, 1.807) is 0 Å². The van der Waals surface area contributed by atoms with E-state index in [1.807, 2.05) is 0 Å². The first-order chi connectivity index (χ1) is 9.79. The van der Waals surface area contributed by atoms with Gasteiger partial charge in [0.05, 0.1) is 5.69 Å². The zero-order valence-electron chi connectivity index (χ0n) is 12.7. The SMILES string of the molecule is CCOC1(c2nc(CC)c3c(n2)CNCC3)CCCC1. The molecule has 0 saturated heterocycles. The molecule has 0 atom stereocenters. The van der Waals surface area contributed by atoms with Gasteiger partial charge in [0, 0.05) is 18.8 Å². The highest BCUT2D eigenvalue weighted by atomic mass is 16.5. The number of ether oxygens (including phenoxy) is 1. The van der Waals surface area contributed by atoms with Crippen LogP contribution in [0.1, 0.15) is 62.3 Å². The molecule has 1 aliphatic heterocycles. The molecular weight excluding hydrogens is 250 g/mol. The summed E-state index contributed by atoms with van der Waals surface area (Å²) in [4.78, 5) is 9.81. The Bertz CT molecular complexity index is 464. The molecule has 1 saturated carbocycles. The molecule has 4 nitrogen and oxygen atoms in total. The van der Waals surface area contributed by atoms with Gasteiger partial charge in [0.2, 0.25) is 0 Å². The first-order valence-corrected chi connectivity index (χ1v) is 8.03. The van der Waals surface area contributed by atoms with Gasteiger partial charge in [-0.15, -0.1) is 0 Å². The zero-order valence-corrected chi connectivity index (χ0v) is 12.7. The fourth-order valence-electron chi connectivity index (χ4n) is 3.59. The van der Waals surface area contributed by atoms with Crippen LogP contribution in [0.5, 0.6) is 0 Å². The smallest absolute Gasteiger partial charge is 0.160 e. The molecule has 0 aromatic carbocycles. The summed E-state index contributed by atoms with van der Waals surface area (Å²) in [6.07, 6.45) is 6.62. The molecule has 20 heavy (non-hydrogen) atoms. The summed E-state index contributed by atoms with van der Waals surface area (Å²) >= 11 is 0. The third-order valence-corrected chi connectivity index (χ3v) is 4.60. The molecule has 1 aliphatic carbocycles. The summed E-state index contributed by atoms with van der Waals surface area (Å²) in [5.74, 6) is 0.941. The first-order valence-electron chi connectivity index (χ1n) is 8.03. The van der Waals surface area contributed by atoms with Crippen molar-refractivity contribution in [3.63, 3.8) is 0 Å². The molecule has 0 unspecified atom stereocenters. The van der Waals surface area contributed by atoms with E-state index < -0.39 is 0 Å². The van der Waals surface area contributed by atoms with Gasteiger partial charge in [0.15, 0.2) is 5.82 Å². The molecule has 1 fully saturated rings. The number of aryl methyl sites for hydroxylation is 1. The molecular formula is C16H25N3O. The molecule has 0 bridgehead atoms. The Labute approximate surface area is 121 Å². The van der Waals surface area contributed by atoms with E-state index in [0.29, 0.717) is 0 Å². The van der Waals surface area contributed by atoms with Crippen LogP contribution in [0.3, 0.4) is 0 Å². The summed E-state index contributed by atoms with van der Waals surface area (Å²) < 4.78 is 6.12. The van der Waals surface area contributed by atoms with Gasteiger partial charge in [-0.3, -0.25) is 0 Å². The van der Waals surface area contributed by atoms with E-state index in [0.717, 1.165) is 51.2 Å². The van der Waals surface area contributed by atoms with Crippen LogP contribution in [0.2, 0.25) is 0 Å². The van der Waals surface area contributed by atoms with Gasteiger partial charge in [-0.1, -0.05) is 6.92 Å². The average molecular weight is 275 g/mol. The van der Waals surface area contributed by atoms with Crippen LogP contribution in [0.25, 0.3) is 0 Å². The van der Waals surface area contributed by atoms with Crippen LogP contribution < -0.4 is 5.32 Å². The van der Waals surface area contributed by atoms with Crippen LogP contribution in [0, 0.1) is 0 Å². The summed E-state index contributed by atoms with van der Waals surface area (Å²) in [5.41, 5.74) is 3.59. The highest BCUT2D eigenvalue weighted by molar-refractivity contribution is 5.30. The van der Waals surface area contributed by atoms with Crippen LogP contribution in [-0.2, 0) is 29.7 Å². The lowest BCUT2D eigenvalue weighted by atomic mass is 9.97. The summed E-state index contributed by atoms with van der Waals surface area (Å²) in [6, 6.07) is 0. The maximum Gasteiger partial charge on any atom is 0.160 e. The minimum Gasteiger partial charge on any atom is -0.367 e. The average Bonchev–Trinajstić information content (AvgIpc) is 2.96. The monoisotopic (exact) mass is 275 g/mol. The number of aromatic nitrogens is 2. The predicted molar refractivity (Wildman–Crippen MR) is 78.6 cm³/mol. The van der Waals surface area contributed by atoms with Crippen molar-refractivity contribution in [2.24, 2.45) is 0 Å². The fraction of sp³-hybridized carbons (Fsp3) is 0.750. The molecule has 1 N–H and O–H groups in total. The van der Waals surface area contributed by atoms with Crippen molar-refractivity contribution in [1.29, 1.82) is 0 Å². The van der Waals surface area contributed by atoms with Gasteiger partial charge in [0.25, 0.3) is 0 Å². The molecule has 2 heterocycles. The number of nitrogens with zero attached hydrogens (tertiary/aromatic N) is 2. The molecule has 1 aromatic heterocycles. The van der Waals surface area contributed by atoms with E-state index in [2.05, 4.69) is 19.2 Å². The lowest BCUT2D eigenvalue weighted by molar-refractivity contribution is -0.0460. The minimum absolute atomic E-state index is 0.217. The second kappa shape index (κ2) is 5.78. The summed E-state index contributed by atoms with van der Waals surface area (Å²) in [6.45, 7) is 6.91. The van der Waals surface area contributed by atoms with Gasteiger partial charge < -0.3 is 10.1 Å².